The molecule has 2 atom stereocenters. The molecule has 21 heavy (non-hydrogen) atoms. The zero-order valence-corrected chi connectivity index (χ0v) is 13.5. The molecular weight excluding hydrogens is 264 g/mol. The Labute approximate surface area is 127 Å². The summed E-state index contributed by atoms with van der Waals surface area (Å²) in [5.74, 6) is 1.19. The molecule has 1 fully saturated rings. The summed E-state index contributed by atoms with van der Waals surface area (Å²) >= 11 is 0. The van der Waals surface area contributed by atoms with Crippen molar-refractivity contribution >= 4 is 0 Å². The largest absolute Gasteiger partial charge is 0.372 e. The number of aromatic nitrogens is 2. The second-order valence-electron chi connectivity index (χ2n) is 7.36. The standard InChI is InChI=1S/C16H28N4O/c1-16(2,3)18-10-13-4-5-14(21-13)11-19-8-9-20-7-6-17-15(20)12-19/h6-7,13-14,18H,4-5,8-12H2,1-3H3. The summed E-state index contributed by atoms with van der Waals surface area (Å²) in [6.07, 6.45) is 7.10. The first-order valence-corrected chi connectivity index (χ1v) is 8.12. The molecule has 0 saturated carbocycles. The maximum absolute atomic E-state index is 6.20. The Hall–Kier alpha value is -0.910. The molecule has 3 rings (SSSR count). The van der Waals surface area contributed by atoms with E-state index in [0.717, 1.165) is 32.7 Å². The van der Waals surface area contributed by atoms with Gasteiger partial charge in [0.2, 0.25) is 0 Å². The summed E-state index contributed by atoms with van der Waals surface area (Å²) in [6.45, 7) is 11.7. The highest BCUT2D eigenvalue weighted by atomic mass is 16.5. The van der Waals surface area contributed by atoms with Crippen molar-refractivity contribution in [3.8, 4) is 0 Å². The molecule has 0 aromatic carbocycles. The van der Waals surface area contributed by atoms with Gasteiger partial charge < -0.3 is 14.6 Å². The van der Waals surface area contributed by atoms with Crippen LogP contribution in [-0.4, -0.2) is 51.8 Å². The third-order valence-corrected chi connectivity index (χ3v) is 4.34. The van der Waals surface area contributed by atoms with Crippen LogP contribution in [0.5, 0.6) is 0 Å². The SMILES string of the molecule is CC(C)(C)NCC1CCC(CN2CCn3ccnc3C2)O1. The zero-order valence-electron chi connectivity index (χ0n) is 13.5. The van der Waals surface area contributed by atoms with Crippen LogP contribution in [0.4, 0.5) is 0 Å². The van der Waals surface area contributed by atoms with E-state index in [2.05, 4.69) is 46.7 Å². The number of nitrogens with zero attached hydrogens (tertiary/aromatic N) is 3. The van der Waals surface area contributed by atoms with Gasteiger partial charge in [-0.15, -0.1) is 0 Å². The number of nitrogens with one attached hydrogen (secondary N) is 1. The van der Waals surface area contributed by atoms with Gasteiger partial charge in [0.05, 0.1) is 18.8 Å². The van der Waals surface area contributed by atoms with Crippen LogP contribution in [0.2, 0.25) is 0 Å². The number of hydrogen-bond acceptors (Lipinski definition) is 4. The van der Waals surface area contributed by atoms with Crippen molar-refractivity contribution in [2.75, 3.05) is 19.6 Å². The normalized spacial score (nSPS) is 27.0. The summed E-state index contributed by atoms with van der Waals surface area (Å²) in [5, 5.41) is 3.55. The number of imidazole rings is 1. The smallest absolute Gasteiger partial charge is 0.122 e. The average Bonchev–Trinajstić information content (AvgIpc) is 3.04. The van der Waals surface area contributed by atoms with E-state index in [1.54, 1.807) is 0 Å². The fourth-order valence-corrected chi connectivity index (χ4v) is 3.15. The topological polar surface area (TPSA) is 42.3 Å². The van der Waals surface area contributed by atoms with Gasteiger partial charge in [0, 0.05) is 44.1 Å². The van der Waals surface area contributed by atoms with E-state index >= 15 is 0 Å². The molecule has 5 nitrogen and oxygen atoms in total. The lowest BCUT2D eigenvalue weighted by atomic mass is 10.1. The molecule has 1 aromatic heterocycles. The van der Waals surface area contributed by atoms with Crippen LogP contribution in [0.15, 0.2) is 12.4 Å². The van der Waals surface area contributed by atoms with E-state index in [4.69, 9.17) is 4.74 Å². The predicted molar refractivity (Wildman–Crippen MR) is 83.2 cm³/mol. The van der Waals surface area contributed by atoms with E-state index in [-0.39, 0.29) is 5.54 Å². The van der Waals surface area contributed by atoms with Crippen molar-refractivity contribution < 1.29 is 4.74 Å². The summed E-state index contributed by atoms with van der Waals surface area (Å²) in [6, 6.07) is 0. The summed E-state index contributed by atoms with van der Waals surface area (Å²) in [5.41, 5.74) is 0.172. The van der Waals surface area contributed by atoms with Gasteiger partial charge in [0.15, 0.2) is 0 Å². The third-order valence-electron chi connectivity index (χ3n) is 4.34. The van der Waals surface area contributed by atoms with Gasteiger partial charge in [0.25, 0.3) is 0 Å². The zero-order chi connectivity index (χ0) is 14.9. The summed E-state index contributed by atoms with van der Waals surface area (Å²) in [4.78, 5) is 6.90. The maximum Gasteiger partial charge on any atom is 0.122 e. The Balaban J connectivity index is 1.43. The lowest BCUT2D eigenvalue weighted by Crippen LogP contribution is -2.42. The molecule has 0 bridgehead atoms. The van der Waals surface area contributed by atoms with Crippen molar-refractivity contribution in [1.82, 2.24) is 19.8 Å². The summed E-state index contributed by atoms with van der Waals surface area (Å²) < 4.78 is 8.45. The lowest BCUT2D eigenvalue weighted by molar-refractivity contribution is 0.0157. The van der Waals surface area contributed by atoms with E-state index in [1.165, 1.54) is 18.7 Å². The molecule has 1 N–H and O–H groups in total. The quantitative estimate of drug-likeness (QED) is 0.916. The van der Waals surface area contributed by atoms with E-state index < -0.39 is 0 Å². The number of ether oxygens (including phenoxy) is 1. The van der Waals surface area contributed by atoms with Crippen LogP contribution in [0.1, 0.15) is 39.4 Å². The highest BCUT2D eigenvalue weighted by molar-refractivity contribution is 4.96. The fraction of sp³-hybridized carbons (Fsp3) is 0.812. The van der Waals surface area contributed by atoms with E-state index in [1.807, 2.05) is 6.20 Å². The van der Waals surface area contributed by atoms with Crippen LogP contribution < -0.4 is 5.32 Å². The first kappa shape index (κ1) is 15.0. The molecule has 1 aromatic rings. The molecule has 5 heteroatoms. The van der Waals surface area contributed by atoms with Crippen molar-refractivity contribution in [3.05, 3.63) is 18.2 Å². The number of hydrogen-bond donors (Lipinski definition) is 1. The molecule has 0 aliphatic carbocycles. The number of fused-ring (bicyclic) bond motifs is 1. The Bertz CT molecular complexity index is 465. The Kier molecular flexibility index (Phi) is 4.33. The molecule has 1 saturated heterocycles. The van der Waals surface area contributed by atoms with Crippen LogP contribution in [0, 0.1) is 0 Å². The molecule has 0 amide bonds. The molecule has 0 radical (unpaired) electrons. The van der Waals surface area contributed by atoms with Gasteiger partial charge >= 0.3 is 0 Å². The van der Waals surface area contributed by atoms with Gasteiger partial charge in [-0.2, -0.15) is 0 Å². The predicted octanol–water partition coefficient (Wildman–Crippen LogP) is 1.63. The van der Waals surface area contributed by atoms with Crippen LogP contribution in [0.3, 0.4) is 0 Å². The van der Waals surface area contributed by atoms with Gasteiger partial charge in [0.1, 0.15) is 5.82 Å². The monoisotopic (exact) mass is 292 g/mol. The molecule has 0 spiro atoms. The van der Waals surface area contributed by atoms with Gasteiger partial charge in [-0.05, 0) is 33.6 Å². The van der Waals surface area contributed by atoms with Gasteiger partial charge in [-0.1, -0.05) is 0 Å². The Morgan fingerprint density at radius 2 is 2.10 bits per heavy atom. The van der Waals surface area contributed by atoms with Crippen molar-refractivity contribution in [2.24, 2.45) is 0 Å². The molecule has 118 valence electrons. The molecule has 2 unspecified atom stereocenters. The molecule has 2 aliphatic heterocycles. The van der Waals surface area contributed by atoms with Crippen LogP contribution >= 0.6 is 0 Å². The minimum absolute atomic E-state index is 0.172. The fourth-order valence-electron chi connectivity index (χ4n) is 3.15. The third kappa shape index (κ3) is 4.05. The minimum atomic E-state index is 0.172. The Morgan fingerprint density at radius 3 is 2.90 bits per heavy atom. The lowest BCUT2D eigenvalue weighted by Gasteiger charge is -2.30. The molecular formula is C16H28N4O. The van der Waals surface area contributed by atoms with E-state index in [9.17, 15) is 0 Å². The Morgan fingerprint density at radius 1 is 1.29 bits per heavy atom. The van der Waals surface area contributed by atoms with Gasteiger partial charge in [-0.3, -0.25) is 4.90 Å². The molecule has 2 aliphatic rings. The van der Waals surface area contributed by atoms with Crippen molar-refractivity contribution in [1.29, 1.82) is 0 Å². The second kappa shape index (κ2) is 6.07. The number of rotatable bonds is 4. The first-order chi connectivity index (χ1) is 9.99. The molecule has 3 heterocycles. The van der Waals surface area contributed by atoms with Crippen molar-refractivity contribution in [2.45, 2.75) is 64.4 Å². The average molecular weight is 292 g/mol. The maximum atomic E-state index is 6.20. The van der Waals surface area contributed by atoms with Crippen LogP contribution in [0.25, 0.3) is 0 Å². The van der Waals surface area contributed by atoms with Crippen LogP contribution in [-0.2, 0) is 17.8 Å². The van der Waals surface area contributed by atoms with E-state index in [0.29, 0.717) is 12.2 Å². The van der Waals surface area contributed by atoms with Gasteiger partial charge in [-0.25, -0.2) is 4.98 Å². The highest BCUT2D eigenvalue weighted by Gasteiger charge is 2.28. The van der Waals surface area contributed by atoms with Crippen molar-refractivity contribution in [3.63, 3.8) is 0 Å². The highest BCUT2D eigenvalue weighted by Crippen LogP contribution is 2.22. The first-order valence-electron chi connectivity index (χ1n) is 8.12. The minimum Gasteiger partial charge on any atom is -0.372 e. The second-order valence-corrected chi connectivity index (χ2v) is 7.36. The summed E-state index contributed by atoms with van der Waals surface area (Å²) in [7, 11) is 0.